The minimum Gasteiger partial charge on any atom is -0.481 e. The van der Waals surface area contributed by atoms with Crippen molar-refractivity contribution in [1.82, 2.24) is 0 Å². The van der Waals surface area contributed by atoms with Gasteiger partial charge in [-0.15, -0.1) is 0 Å². The van der Waals surface area contributed by atoms with Gasteiger partial charge in [0.25, 0.3) is 0 Å². The highest BCUT2D eigenvalue weighted by atomic mass is 32.2. The lowest BCUT2D eigenvalue weighted by Gasteiger charge is -2.19. The summed E-state index contributed by atoms with van der Waals surface area (Å²) in [5.74, 6) is -1.43. The molecule has 23 heavy (non-hydrogen) atoms. The highest BCUT2D eigenvalue weighted by Gasteiger charge is 2.31. The summed E-state index contributed by atoms with van der Waals surface area (Å²) in [7, 11) is 1.06. The SMILES string of the molecule is COC=S1C=NC(C=Cc2ccccc2)=C1C(C(=O)O)C(C)C. The number of aliphatic imine (C=N–C) groups is 1. The minimum atomic E-state index is -0.826. The molecule has 1 aliphatic heterocycles. The number of allylic oxidation sites excluding steroid dienone is 1. The largest absolute Gasteiger partial charge is 0.481 e. The van der Waals surface area contributed by atoms with Crippen molar-refractivity contribution >= 4 is 33.6 Å². The average molecular weight is 331 g/mol. The first-order valence-electron chi connectivity index (χ1n) is 7.37. The summed E-state index contributed by atoms with van der Waals surface area (Å²) in [6, 6.07) is 9.87. The molecule has 2 unspecified atom stereocenters. The highest BCUT2D eigenvalue weighted by Crippen LogP contribution is 2.41. The van der Waals surface area contributed by atoms with Crippen LogP contribution in [0, 0.1) is 11.8 Å². The first-order valence-corrected chi connectivity index (χ1v) is 8.72. The van der Waals surface area contributed by atoms with Crippen LogP contribution in [0.2, 0.25) is 0 Å². The Hall–Kier alpha value is -1.98. The molecule has 0 spiro atoms. The Morgan fingerprint density at radius 3 is 2.52 bits per heavy atom. The van der Waals surface area contributed by atoms with E-state index in [1.54, 1.807) is 18.2 Å². The van der Waals surface area contributed by atoms with Crippen molar-refractivity contribution in [2.24, 2.45) is 16.8 Å². The van der Waals surface area contributed by atoms with Gasteiger partial charge in [0.2, 0.25) is 0 Å². The van der Waals surface area contributed by atoms with E-state index in [1.807, 2.05) is 56.3 Å². The van der Waals surface area contributed by atoms with Gasteiger partial charge in [0.1, 0.15) is 0 Å². The zero-order chi connectivity index (χ0) is 16.8. The molecule has 0 radical (unpaired) electrons. The van der Waals surface area contributed by atoms with Gasteiger partial charge in [0, 0.05) is 12.0 Å². The molecular formula is C18H21NO3S. The van der Waals surface area contributed by atoms with E-state index in [4.69, 9.17) is 4.74 Å². The van der Waals surface area contributed by atoms with E-state index in [0.29, 0.717) is 5.70 Å². The number of carboxylic acid groups (broad SMARTS) is 1. The molecule has 0 aromatic heterocycles. The van der Waals surface area contributed by atoms with E-state index >= 15 is 0 Å². The van der Waals surface area contributed by atoms with E-state index in [9.17, 15) is 9.90 Å². The molecule has 0 amide bonds. The van der Waals surface area contributed by atoms with Gasteiger partial charge in [0.05, 0.1) is 22.7 Å². The molecular weight excluding hydrogens is 310 g/mol. The van der Waals surface area contributed by atoms with E-state index in [2.05, 4.69) is 4.99 Å². The van der Waals surface area contributed by atoms with Crippen LogP contribution in [0.25, 0.3) is 6.08 Å². The van der Waals surface area contributed by atoms with Crippen molar-refractivity contribution in [3.05, 3.63) is 52.6 Å². The van der Waals surface area contributed by atoms with Crippen LogP contribution in [0.1, 0.15) is 19.4 Å². The molecule has 0 fully saturated rings. The van der Waals surface area contributed by atoms with E-state index in [0.717, 1.165) is 10.5 Å². The molecule has 0 aliphatic carbocycles. The third-order valence-electron chi connectivity index (χ3n) is 3.46. The molecule has 1 heterocycles. The maximum Gasteiger partial charge on any atom is 0.311 e. The number of aliphatic carboxylic acids is 1. The van der Waals surface area contributed by atoms with Gasteiger partial charge >= 0.3 is 5.97 Å². The third-order valence-corrected chi connectivity index (χ3v) is 5.16. The van der Waals surface area contributed by atoms with Crippen LogP contribution < -0.4 is 0 Å². The summed E-state index contributed by atoms with van der Waals surface area (Å²) in [4.78, 5) is 17.0. The maximum atomic E-state index is 11.7. The van der Waals surface area contributed by atoms with E-state index < -0.39 is 22.4 Å². The molecule has 0 bridgehead atoms. The van der Waals surface area contributed by atoms with Crippen LogP contribution in [0.15, 0.2) is 52.0 Å². The number of carbonyl (C=O) groups is 1. The predicted molar refractivity (Wildman–Crippen MR) is 97.6 cm³/mol. The number of methoxy groups -OCH3 is 1. The minimum absolute atomic E-state index is 0.0235. The smallest absolute Gasteiger partial charge is 0.311 e. The van der Waals surface area contributed by atoms with E-state index in [-0.39, 0.29) is 5.92 Å². The Labute approximate surface area is 139 Å². The van der Waals surface area contributed by atoms with Gasteiger partial charge in [-0.25, -0.2) is 4.99 Å². The standard InChI is InChI=1S/C18H21NO3S/c1-13(2)16(18(20)21)17-15(19-11-23(17)12-22-3)10-9-14-7-5-4-6-8-14/h4-13,16H,1-3H3,(H,20,21). The first-order chi connectivity index (χ1) is 11.0. The second-order valence-electron chi connectivity index (χ2n) is 5.49. The molecule has 1 aliphatic rings. The van der Waals surface area contributed by atoms with E-state index in [1.165, 1.54) is 0 Å². The summed E-state index contributed by atoms with van der Waals surface area (Å²) >= 11 is 0. The quantitative estimate of drug-likeness (QED) is 0.802. The third kappa shape index (κ3) is 4.27. The molecule has 5 heteroatoms. The van der Waals surface area contributed by atoms with Crippen LogP contribution in [0.3, 0.4) is 0 Å². The Kier molecular flexibility index (Phi) is 6.07. The predicted octanol–water partition coefficient (Wildman–Crippen LogP) is 3.99. The number of rotatable bonds is 6. The number of carboxylic acids is 1. The van der Waals surface area contributed by atoms with Crippen molar-refractivity contribution in [1.29, 1.82) is 0 Å². The fraction of sp³-hybridized carbons (Fsp3) is 0.278. The van der Waals surface area contributed by atoms with Crippen molar-refractivity contribution in [3.8, 4) is 0 Å². The Morgan fingerprint density at radius 2 is 1.96 bits per heavy atom. The lowest BCUT2D eigenvalue weighted by atomic mass is 9.94. The summed E-state index contributed by atoms with van der Waals surface area (Å²) in [5, 5.41) is 9.63. The van der Waals surface area contributed by atoms with Crippen LogP contribution in [-0.2, 0) is 9.53 Å². The van der Waals surface area contributed by atoms with Gasteiger partial charge in [0.15, 0.2) is 0 Å². The zero-order valence-electron chi connectivity index (χ0n) is 13.5. The number of hydrogen-bond acceptors (Lipinski definition) is 3. The number of benzene rings is 1. The van der Waals surface area contributed by atoms with Crippen molar-refractivity contribution in [2.75, 3.05) is 7.11 Å². The molecule has 0 saturated heterocycles. The zero-order valence-corrected chi connectivity index (χ0v) is 14.3. The molecule has 1 aromatic carbocycles. The van der Waals surface area contributed by atoms with Crippen LogP contribution in [0.5, 0.6) is 0 Å². The lowest BCUT2D eigenvalue weighted by Crippen LogP contribution is -2.21. The van der Waals surface area contributed by atoms with Crippen molar-refractivity contribution in [2.45, 2.75) is 13.8 Å². The molecule has 122 valence electrons. The second-order valence-corrected chi connectivity index (χ2v) is 7.08. The van der Waals surface area contributed by atoms with Gasteiger partial charge in [-0.2, -0.15) is 0 Å². The molecule has 1 N–H and O–H groups in total. The summed E-state index contributed by atoms with van der Waals surface area (Å²) in [6.07, 6.45) is 3.83. The Morgan fingerprint density at radius 1 is 1.26 bits per heavy atom. The summed E-state index contributed by atoms with van der Waals surface area (Å²) in [6.45, 7) is 3.83. The van der Waals surface area contributed by atoms with Gasteiger partial charge in [-0.05, 0) is 17.6 Å². The monoisotopic (exact) mass is 331 g/mol. The maximum absolute atomic E-state index is 11.7. The lowest BCUT2D eigenvalue weighted by molar-refractivity contribution is -0.141. The fourth-order valence-corrected chi connectivity index (χ4v) is 4.14. The molecule has 4 nitrogen and oxygen atoms in total. The molecule has 1 aromatic rings. The highest BCUT2D eigenvalue weighted by molar-refractivity contribution is 8.29. The van der Waals surface area contributed by atoms with Crippen LogP contribution >= 0.6 is 10.5 Å². The fourth-order valence-electron chi connectivity index (χ4n) is 2.41. The summed E-state index contributed by atoms with van der Waals surface area (Å²) in [5.41, 5.74) is 5.18. The number of hydrogen-bond donors (Lipinski definition) is 1. The number of nitrogens with zero attached hydrogens (tertiary/aromatic N) is 1. The van der Waals surface area contributed by atoms with Gasteiger partial charge < -0.3 is 9.84 Å². The van der Waals surface area contributed by atoms with Crippen LogP contribution in [0.4, 0.5) is 0 Å². The second kappa shape index (κ2) is 8.04. The average Bonchev–Trinajstić information content (AvgIpc) is 2.89. The van der Waals surface area contributed by atoms with Gasteiger partial charge in [-0.3, -0.25) is 4.79 Å². The summed E-state index contributed by atoms with van der Waals surface area (Å²) < 4.78 is 5.12. The van der Waals surface area contributed by atoms with Crippen LogP contribution in [-0.4, -0.2) is 29.3 Å². The molecule has 2 rings (SSSR count). The molecule has 2 atom stereocenters. The molecule has 0 saturated carbocycles. The number of ether oxygens (including phenoxy) is 1. The Bertz CT molecular complexity index is 687. The normalized spacial score (nSPS) is 19.2. The van der Waals surface area contributed by atoms with Crippen molar-refractivity contribution in [3.63, 3.8) is 0 Å². The topological polar surface area (TPSA) is 58.9 Å². The first kappa shape index (κ1) is 17.4. The van der Waals surface area contributed by atoms with Crippen molar-refractivity contribution < 1.29 is 14.6 Å². The van der Waals surface area contributed by atoms with Gasteiger partial charge in [-0.1, -0.05) is 60.7 Å². The Balaban J connectivity index is 2.45.